The minimum absolute atomic E-state index is 0.123. The lowest BCUT2D eigenvalue weighted by molar-refractivity contribution is 0.0932. The van der Waals surface area contributed by atoms with Crippen LogP contribution in [0.15, 0.2) is 78.9 Å². The van der Waals surface area contributed by atoms with Crippen molar-refractivity contribution in [2.75, 3.05) is 19.4 Å². The van der Waals surface area contributed by atoms with Gasteiger partial charge >= 0.3 is 0 Å². The van der Waals surface area contributed by atoms with Crippen LogP contribution in [0.25, 0.3) is 0 Å². The summed E-state index contributed by atoms with van der Waals surface area (Å²) in [4.78, 5) is 13.0. The van der Waals surface area contributed by atoms with Crippen LogP contribution in [0.1, 0.15) is 47.2 Å². The predicted molar refractivity (Wildman–Crippen MR) is 145 cm³/mol. The number of carbonyl (C=O) groups is 1. The lowest BCUT2D eigenvalue weighted by Crippen LogP contribution is -2.49. The van der Waals surface area contributed by atoms with Gasteiger partial charge in [0.2, 0.25) is 0 Å². The molecule has 0 spiro atoms. The third kappa shape index (κ3) is 6.68. The Balaban J connectivity index is 1.41. The number of ether oxygens (including phenoxy) is 1. The van der Waals surface area contributed by atoms with Gasteiger partial charge in [0, 0.05) is 30.2 Å². The Bertz CT molecular complexity index is 1310. The highest BCUT2D eigenvalue weighted by atomic mass is 32.2. The molecule has 0 saturated heterocycles. The van der Waals surface area contributed by atoms with Gasteiger partial charge in [0.25, 0.3) is 16.1 Å². The number of para-hydroxylation sites is 2. The van der Waals surface area contributed by atoms with E-state index in [2.05, 4.69) is 26.9 Å². The number of nitrogen functional groups attached to an aromatic ring is 1. The lowest BCUT2D eigenvalue weighted by atomic mass is 9.68. The summed E-state index contributed by atoms with van der Waals surface area (Å²) in [5.74, 6) is 0.330. The number of nitrogens with one attached hydrogen (secondary N) is 3. The van der Waals surface area contributed by atoms with E-state index in [1.165, 1.54) is 0 Å². The number of hydrogen-bond acceptors (Lipinski definition) is 5. The van der Waals surface area contributed by atoms with Crippen molar-refractivity contribution in [3.63, 3.8) is 0 Å². The van der Waals surface area contributed by atoms with Gasteiger partial charge in [-0.1, -0.05) is 60.7 Å². The molecule has 196 valence electrons. The van der Waals surface area contributed by atoms with Crippen molar-refractivity contribution in [2.45, 2.75) is 43.7 Å². The fraction of sp³-hybridized carbons (Fsp3) is 0.321. The van der Waals surface area contributed by atoms with E-state index in [1.54, 1.807) is 31.4 Å². The number of methoxy groups -OCH3 is 1. The Kier molecular flexibility index (Phi) is 8.48. The molecule has 1 amide bonds. The predicted octanol–water partition coefficient (Wildman–Crippen LogP) is 3.51. The second-order valence-electron chi connectivity index (χ2n) is 9.44. The first-order valence-electron chi connectivity index (χ1n) is 12.4. The Labute approximate surface area is 218 Å². The van der Waals surface area contributed by atoms with Crippen molar-refractivity contribution in [1.82, 2.24) is 14.8 Å². The quantitative estimate of drug-likeness (QED) is 0.304. The number of benzene rings is 3. The SMILES string of the molecule is COc1ccccc1C(=O)NCC1(c2ccccc2)CCC(NS(=O)(=O)NCc2ccccc2N)CC1. The second-order valence-corrected chi connectivity index (χ2v) is 11.0. The van der Waals surface area contributed by atoms with Gasteiger partial charge < -0.3 is 15.8 Å². The third-order valence-corrected chi connectivity index (χ3v) is 8.27. The maximum atomic E-state index is 13.0. The fourth-order valence-electron chi connectivity index (χ4n) is 4.95. The molecule has 37 heavy (non-hydrogen) atoms. The van der Waals surface area contributed by atoms with Crippen LogP contribution >= 0.6 is 0 Å². The summed E-state index contributed by atoms with van der Waals surface area (Å²) in [6.07, 6.45) is 2.74. The molecule has 3 aromatic rings. The Hall–Kier alpha value is -3.40. The van der Waals surface area contributed by atoms with Crippen LogP contribution in [0.5, 0.6) is 5.75 Å². The number of nitrogens with two attached hydrogens (primary N) is 1. The smallest absolute Gasteiger partial charge is 0.277 e. The highest BCUT2D eigenvalue weighted by Crippen LogP contribution is 2.39. The minimum Gasteiger partial charge on any atom is -0.496 e. The van der Waals surface area contributed by atoms with E-state index in [4.69, 9.17) is 10.5 Å². The number of rotatable bonds is 10. The van der Waals surface area contributed by atoms with Gasteiger partial charge in [-0.2, -0.15) is 17.9 Å². The van der Waals surface area contributed by atoms with Crippen LogP contribution in [0.4, 0.5) is 5.69 Å². The normalized spacial score (nSPS) is 19.8. The maximum Gasteiger partial charge on any atom is 0.277 e. The van der Waals surface area contributed by atoms with E-state index < -0.39 is 10.2 Å². The summed E-state index contributed by atoms with van der Waals surface area (Å²) in [5.41, 5.74) is 8.53. The standard InChI is InChI=1S/C28H34N4O4S/c1-36-26-14-8-6-12-24(26)27(33)30-20-28(22-10-3-2-4-11-22)17-15-23(16-18-28)32-37(34,35)31-19-21-9-5-7-13-25(21)29/h2-14,23,31-32H,15-20,29H2,1H3,(H,30,33). The number of anilines is 1. The van der Waals surface area contributed by atoms with Crippen LogP contribution in [0, 0.1) is 0 Å². The van der Waals surface area contributed by atoms with Crippen molar-refractivity contribution < 1.29 is 17.9 Å². The highest BCUT2D eigenvalue weighted by Gasteiger charge is 2.38. The van der Waals surface area contributed by atoms with Gasteiger partial charge in [0.15, 0.2) is 0 Å². The average molecular weight is 523 g/mol. The molecule has 9 heteroatoms. The topological polar surface area (TPSA) is 123 Å². The average Bonchev–Trinajstić information content (AvgIpc) is 2.92. The fourth-order valence-corrected chi connectivity index (χ4v) is 6.06. The van der Waals surface area contributed by atoms with Gasteiger partial charge in [-0.05, 0) is 55.0 Å². The highest BCUT2D eigenvalue weighted by molar-refractivity contribution is 7.87. The first-order valence-corrected chi connectivity index (χ1v) is 13.9. The Morgan fingerprint density at radius 2 is 1.62 bits per heavy atom. The van der Waals surface area contributed by atoms with Crippen molar-refractivity contribution in [3.05, 3.63) is 95.6 Å². The van der Waals surface area contributed by atoms with Crippen LogP contribution in [0.3, 0.4) is 0 Å². The minimum atomic E-state index is -3.71. The number of hydrogen-bond donors (Lipinski definition) is 4. The zero-order valence-corrected chi connectivity index (χ0v) is 21.8. The molecular formula is C28H34N4O4S. The molecule has 1 aliphatic rings. The molecule has 0 heterocycles. The summed E-state index contributed by atoms with van der Waals surface area (Å²) >= 11 is 0. The van der Waals surface area contributed by atoms with E-state index >= 15 is 0 Å². The molecule has 1 aliphatic carbocycles. The third-order valence-electron chi connectivity index (χ3n) is 7.10. The van der Waals surface area contributed by atoms with Gasteiger partial charge in [-0.15, -0.1) is 0 Å². The Morgan fingerprint density at radius 1 is 0.973 bits per heavy atom. The zero-order chi connectivity index (χ0) is 26.3. The lowest BCUT2D eigenvalue weighted by Gasteiger charge is -2.41. The van der Waals surface area contributed by atoms with E-state index in [-0.39, 0.29) is 23.9 Å². The van der Waals surface area contributed by atoms with Crippen LogP contribution in [-0.4, -0.2) is 34.0 Å². The second kappa shape index (κ2) is 11.8. The summed E-state index contributed by atoms with van der Waals surface area (Å²) in [6.45, 7) is 0.566. The number of amides is 1. The molecule has 0 atom stereocenters. The van der Waals surface area contributed by atoms with Crippen LogP contribution in [-0.2, 0) is 22.2 Å². The van der Waals surface area contributed by atoms with Crippen molar-refractivity contribution >= 4 is 21.8 Å². The molecule has 0 bridgehead atoms. The molecule has 0 aliphatic heterocycles. The molecule has 1 fully saturated rings. The van der Waals surface area contributed by atoms with Gasteiger partial charge in [-0.25, -0.2) is 0 Å². The zero-order valence-electron chi connectivity index (χ0n) is 20.9. The van der Waals surface area contributed by atoms with Gasteiger partial charge in [0.1, 0.15) is 5.75 Å². The van der Waals surface area contributed by atoms with Gasteiger partial charge in [0.05, 0.1) is 12.7 Å². The summed E-state index contributed by atoms with van der Waals surface area (Å²) in [6, 6.07) is 24.2. The molecule has 5 N–H and O–H groups in total. The largest absolute Gasteiger partial charge is 0.496 e. The van der Waals surface area contributed by atoms with E-state index in [0.29, 0.717) is 36.4 Å². The monoisotopic (exact) mass is 522 g/mol. The molecule has 0 aromatic heterocycles. The number of carbonyl (C=O) groups excluding carboxylic acids is 1. The van der Waals surface area contributed by atoms with E-state index in [1.807, 2.05) is 42.5 Å². The Morgan fingerprint density at radius 3 is 2.32 bits per heavy atom. The molecule has 4 rings (SSSR count). The van der Waals surface area contributed by atoms with Crippen molar-refractivity contribution in [1.29, 1.82) is 0 Å². The van der Waals surface area contributed by atoms with Gasteiger partial charge in [-0.3, -0.25) is 4.79 Å². The summed E-state index contributed by atoms with van der Waals surface area (Å²) < 4.78 is 36.2. The summed E-state index contributed by atoms with van der Waals surface area (Å²) in [5, 5.41) is 3.11. The molecule has 0 unspecified atom stereocenters. The maximum absolute atomic E-state index is 13.0. The van der Waals surface area contributed by atoms with Crippen molar-refractivity contribution in [2.24, 2.45) is 0 Å². The molecule has 8 nitrogen and oxygen atoms in total. The van der Waals surface area contributed by atoms with E-state index in [9.17, 15) is 13.2 Å². The van der Waals surface area contributed by atoms with Crippen LogP contribution in [0.2, 0.25) is 0 Å². The molecular weight excluding hydrogens is 488 g/mol. The first kappa shape index (κ1) is 26.7. The molecule has 0 radical (unpaired) electrons. The van der Waals surface area contributed by atoms with Crippen LogP contribution < -0.4 is 25.2 Å². The first-order chi connectivity index (χ1) is 17.8. The molecule has 3 aromatic carbocycles. The molecule has 1 saturated carbocycles. The van der Waals surface area contributed by atoms with E-state index in [0.717, 1.165) is 24.0 Å². The van der Waals surface area contributed by atoms with Crippen molar-refractivity contribution in [3.8, 4) is 5.75 Å². The summed E-state index contributed by atoms with van der Waals surface area (Å²) in [7, 11) is -2.16.